The number of nitrogens with one attached hydrogen (secondary N) is 1. The Morgan fingerprint density at radius 3 is 2.19 bits per heavy atom. The molecule has 0 bridgehead atoms. The first-order chi connectivity index (χ1) is 13.0. The molecule has 3 heteroatoms. The number of anilines is 1. The summed E-state index contributed by atoms with van der Waals surface area (Å²) in [6, 6.07) is 15.9. The van der Waals surface area contributed by atoms with E-state index in [1.165, 1.54) is 22.3 Å². The minimum absolute atomic E-state index is 0.446. The van der Waals surface area contributed by atoms with Gasteiger partial charge in [0, 0.05) is 6.04 Å². The summed E-state index contributed by atoms with van der Waals surface area (Å²) in [5.41, 5.74) is 6.52. The van der Waals surface area contributed by atoms with Gasteiger partial charge in [0.1, 0.15) is 0 Å². The average molecular weight is 366 g/mol. The third-order valence-electron chi connectivity index (χ3n) is 5.20. The van der Waals surface area contributed by atoms with Crippen LogP contribution < -0.4 is 16.2 Å². The zero-order valence-electron chi connectivity index (χ0n) is 17.2. The van der Waals surface area contributed by atoms with E-state index in [0.29, 0.717) is 6.04 Å². The van der Waals surface area contributed by atoms with Crippen molar-refractivity contribution < 1.29 is 0 Å². The second kappa shape index (κ2) is 10.9. The molecule has 146 valence electrons. The molecule has 0 aliphatic carbocycles. The van der Waals surface area contributed by atoms with Gasteiger partial charge < -0.3 is 10.3 Å². The molecule has 2 aromatic rings. The summed E-state index contributed by atoms with van der Waals surface area (Å²) in [5, 5.41) is 5.33. The van der Waals surface area contributed by atoms with Crippen molar-refractivity contribution in [2.75, 3.05) is 18.1 Å². The van der Waals surface area contributed by atoms with Gasteiger partial charge in [-0.2, -0.15) is 0 Å². The lowest BCUT2D eigenvalue weighted by Gasteiger charge is -2.32. The summed E-state index contributed by atoms with van der Waals surface area (Å²) in [5.74, 6) is 6.31. The smallest absolute Gasteiger partial charge is 0.0520 e. The molecule has 0 atom stereocenters. The molecule has 0 unspecified atom stereocenters. The molecular weight excluding hydrogens is 330 g/mol. The Hall–Kier alpha value is -2.10. The van der Waals surface area contributed by atoms with E-state index < -0.39 is 0 Å². The molecule has 0 amide bonds. The molecule has 1 heterocycles. The van der Waals surface area contributed by atoms with Crippen LogP contribution in [0.15, 0.2) is 55.1 Å². The van der Waals surface area contributed by atoms with Crippen LogP contribution in [-0.2, 0) is 6.42 Å². The number of hydrogen-bond acceptors (Lipinski definition) is 3. The summed E-state index contributed by atoms with van der Waals surface area (Å²) in [4.78, 5) is 0. The van der Waals surface area contributed by atoms with E-state index in [9.17, 15) is 0 Å². The van der Waals surface area contributed by atoms with Gasteiger partial charge in [-0.05, 0) is 87.0 Å². The van der Waals surface area contributed by atoms with Crippen LogP contribution in [0.4, 0.5) is 5.69 Å². The van der Waals surface area contributed by atoms with Crippen LogP contribution >= 0.6 is 0 Å². The zero-order chi connectivity index (χ0) is 19.6. The minimum atomic E-state index is 0.446. The van der Waals surface area contributed by atoms with E-state index in [-0.39, 0.29) is 0 Å². The fraction of sp³-hybridized carbons (Fsp3) is 0.417. The Balaban J connectivity index is 0.000000596. The maximum absolute atomic E-state index is 6.31. The van der Waals surface area contributed by atoms with Crippen LogP contribution in [0.2, 0.25) is 0 Å². The Labute approximate surface area is 165 Å². The van der Waals surface area contributed by atoms with Crippen molar-refractivity contribution in [3.63, 3.8) is 0 Å². The average Bonchev–Trinajstić information content (AvgIpc) is 2.71. The number of aryl methyl sites for hydroxylation is 2. The summed E-state index contributed by atoms with van der Waals surface area (Å²) in [7, 11) is 0. The zero-order valence-corrected chi connectivity index (χ0v) is 17.2. The maximum atomic E-state index is 6.31. The molecule has 1 fully saturated rings. The van der Waals surface area contributed by atoms with Gasteiger partial charge in [-0.25, -0.2) is 5.84 Å². The molecule has 0 aromatic heterocycles. The lowest BCUT2D eigenvalue weighted by atomic mass is 10.00. The fourth-order valence-electron chi connectivity index (χ4n) is 3.23. The van der Waals surface area contributed by atoms with Crippen molar-refractivity contribution in [3.05, 3.63) is 77.4 Å². The van der Waals surface area contributed by atoms with Gasteiger partial charge in [0.25, 0.3) is 0 Å². The fourth-order valence-corrected chi connectivity index (χ4v) is 3.23. The van der Waals surface area contributed by atoms with Crippen molar-refractivity contribution in [1.29, 1.82) is 0 Å². The highest BCUT2D eigenvalue weighted by molar-refractivity contribution is 5.48. The predicted molar refractivity (Wildman–Crippen MR) is 118 cm³/mol. The Morgan fingerprint density at radius 1 is 1.04 bits per heavy atom. The molecule has 0 saturated carbocycles. The molecule has 1 aliphatic heterocycles. The predicted octanol–water partition coefficient (Wildman–Crippen LogP) is 4.91. The summed E-state index contributed by atoms with van der Waals surface area (Å²) < 4.78 is 0. The van der Waals surface area contributed by atoms with Crippen LogP contribution in [0, 0.1) is 13.8 Å². The molecule has 27 heavy (non-hydrogen) atoms. The van der Waals surface area contributed by atoms with Crippen LogP contribution in [-0.4, -0.2) is 19.1 Å². The van der Waals surface area contributed by atoms with E-state index in [0.717, 1.165) is 44.5 Å². The third kappa shape index (κ3) is 6.53. The van der Waals surface area contributed by atoms with Crippen molar-refractivity contribution in [1.82, 2.24) is 5.32 Å². The second-order valence-electron chi connectivity index (χ2n) is 7.35. The second-order valence-corrected chi connectivity index (χ2v) is 7.35. The van der Waals surface area contributed by atoms with Crippen molar-refractivity contribution in [2.24, 2.45) is 5.84 Å². The number of benzene rings is 2. The first-order valence-corrected chi connectivity index (χ1v) is 10.1. The van der Waals surface area contributed by atoms with Crippen molar-refractivity contribution >= 4 is 5.69 Å². The lowest BCUT2D eigenvalue weighted by molar-refractivity contribution is 0.433. The van der Waals surface area contributed by atoms with Gasteiger partial charge in [0.2, 0.25) is 0 Å². The Bertz CT molecular complexity index is 700. The molecule has 3 rings (SSSR count). The van der Waals surface area contributed by atoms with Crippen LogP contribution in [0.3, 0.4) is 0 Å². The van der Waals surface area contributed by atoms with E-state index in [2.05, 4.69) is 75.1 Å². The van der Waals surface area contributed by atoms with Crippen molar-refractivity contribution in [3.8, 4) is 0 Å². The van der Waals surface area contributed by atoms with E-state index in [4.69, 9.17) is 5.84 Å². The van der Waals surface area contributed by atoms with Gasteiger partial charge in [-0.1, -0.05) is 43.3 Å². The third-order valence-corrected chi connectivity index (χ3v) is 5.20. The van der Waals surface area contributed by atoms with E-state index in [1.807, 2.05) is 11.1 Å². The van der Waals surface area contributed by atoms with Crippen LogP contribution in [0.25, 0.3) is 0 Å². The van der Waals surface area contributed by atoms with E-state index >= 15 is 0 Å². The maximum Gasteiger partial charge on any atom is 0.0520 e. The van der Waals surface area contributed by atoms with Crippen molar-refractivity contribution in [2.45, 2.75) is 52.5 Å². The molecule has 0 spiro atoms. The SMILES string of the molecule is C=CCC.Cc1ccc(Cc2ccc(N(N)C3CCNCC3)cc2)cc1C. The summed E-state index contributed by atoms with van der Waals surface area (Å²) >= 11 is 0. The van der Waals surface area contributed by atoms with Crippen LogP contribution in [0.5, 0.6) is 0 Å². The number of nitrogens with two attached hydrogens (primary N) is 1. The molecule has 1 saturated heterocycles. The Kier molecular flexibility index (Phi) is 8.56. The minimum Gasteiger partial charge on any atom is -0.317 e. The largest absolute Gasteiger partial charge is 0.317 e. The molecule has 3 nitrogen and oxygen atoms in total. The highest BCUT2D eigenvalue weighted by Gasteiger charge is 2.18. The molecule has 1 aliphatic rings. The number of piperidine rings is 1. The number of hydrazine groups is 1. The number of rotatable bonds is 5. The van der Waals surface area contributed by atoms with Gasteiger partial charge in [-0.3, -0.25) is 0 Å². The molecular formula is C24H35N3. The lowest BCUT2D eigenvalue weighted by Crippen LogP contribution is -2.47. The normalized spacial score (nSPS) is 14.2. The first kappa shape index (κ1) is 21.2. The summed E-state index contributed by atoms with van der Waals surface area (Å²) in [6.07, 6.45) is 6.15. The quantitative estimate of drug-likeness (QED) is 0.449. The monoisotopic (exact) mass is 365 g/mol. The van der Waals surface area contributed by atoms with Crippen LogP contribution in [0.1, 0.15) is 48.4 Å². The Morgan fingerprint density at radius 2 is 1.63 bits per heavy atom. The van der Waals surface area contributed by atoms with Gasteiger partial charge in [0.15, 0.2) is 0 Å². The molecule has 0 radical (unpaired) electrons. The highest BCUT2D eigenvalue weighted by atomic mass is 15.4. The topological polar surface area (TPSA) is 41.3 Å². The summed E-state index contributed by atoms with van der Waals surface area (Å²) in [6.45, 7) is 12.0. The first-order valence-electron chi connectivity index (χ1n) is 10.1. The van der Waals surface area contributed by atoms with Gasteiger partial charge in [-0.15, -0.1) is 6.58 Å². The van der Waals surface area contributed by atoms with Gasteiger partial charge >= 0.3 is 0 Å². The van der Waals surface area contributed by atoms with Gasteiger partial charge in [0.05, 0.1) is 5.69 Å². The van der Waals surface area contributed by atoms with E-state index in [1.54, 1.807) is 0 Å². The highest BCUT2D eigenvalue weighted by Crippen LogP contribution is 2.21. The molecule has 3 N–H and O–H groups in total. The number of hydrogen-bond donors (Lipinski definition) is 2. The standard InChI is InChI=1S/C20H27N3.C4H8/c1-15-3-4-18(13-16(15)2)14-17-5-7-19(8-6-17)23(21)20-9-11-22-12-10-20;1-3-4-2/h3-8,13,20,22H,9-12,14,21H2,1-2H3;3H,1,4H2,2H3. The number of allylic oxidation sites excluding steroid dienone is 1. The number of nitrogens with zero attached hydrogens (tertiary/aromatic N) is 1. The molecule has 2 aromatic carbocycles.